The average Bonchev–Trinajstić information content (AvgIpc) is 3.68. The van der Waals surface area contributed by atoms with E-state index < -0.39 is 16.4 Å². The first-order chi connectivity index (χ1) is 19.3. The number of hydrogen-bond acceptors (Lipinski definition) is 5. The Balaban J connectivity index is 1.23. The maximum atomic E-state index is 14.2. The quantitative estimate of drug-likeness (QED) is 0.381. The predicted molar refractivity (Wildman–Crippen MR) is 152 cm³/mol. The fraction of sp³-hybridized carbons (Fsp3) is 0.400. The molecule has 10 heteroatoms. The van der Waals surface area contributed by atoms with Crippen molar-refractivity contribution in [3.05, 3.63) is 89.1 Å². The van der Waals surface area contributed by atoms with Gasteiger partial charge < -0.3 is 14.9 Å². The van der Waals surface area contributed by atoms with Gasteiger partial charge in [-0.2, -0.15) is 5.10 Å². The number of aliphatic hydroxyl groups is 1. The number of carbonyl (C=O) groups excluding carboxylic acids is 2. The average molecular weight is 562 g/mol. The van der Waals surface area contributed by atoms with Gasteiger partial charge in [0.2, 0.25) is 11.8 Å². The van der Waals surface area contributed by atoms with E-state index in [0.29, 0.717) is 18.6 Å². The van der Waals surface area contributed by atoms with Crippen molar-refractivity contribution in [1.29, 1.82) is 0 Å². The van der Waals surface area contributed by atoms with Crippen molar-refractivity contribution in [2.45, 2.75) is 43.2 Å². The highest BCUT2D eigenvalue weighted by atomic mass is 35.5. The SMILES string of the molecule is O=C(N1CCCC1)C1(C(=O)N2CCC(O)(Cn3cnn4cccc4c3=O)CC2)C=CC(c2ccccc2)=CC1Cl. The molecule has 4 heterocycles. The van der Waals surface area contributed by atoms with Gasteiger partial charge in [0.15, 0.2) is 5.41 Å². The molecule has 2 fully saturated rings. The van der Waals surface area contributed by atoms with Crippen molar-refractivity contribution >= 4 is 34.5 Å². The molecule has 0 spiro atoms. The van der Waals surface area contributed by atoms with Crippen molar-refractivity contribution in [2.75, 3.05) is 26.2 Å². The number of alkyl halides is 1. The highest BCUT2D eigenvalue weighted by Gasteiger charge is 2.54. The Morgan fingerprint density at radius 3 is 2.33 bits per heavy atom. The molecule has 0 radical (unpaired) electrons. The van der Waals surface area contributed by atoms with Crippen LogP contribution in [0.2, 0.25) is 0 Å². The van der Waals surface area contributed by atoms with Crippen LogP contribution in [-0.4, -0.2) is 78.1 Å². The molecule has 2 amide bonds. The topological polar surface area (TPSA) is 100 Å². The van der Waals surface area contributed by atoms with Crippen LogP contribution in [0, 0.1) is 5.41 Å². The number of benzene rings is 1. The summed E-state index contributed by atoms with van der Waals surface area (Å²) < 4.78 is 2.92. The van der Waals surface area contributed by atoms with Gasteiger partial charge in [-0.25, -0.2) is 4.52 Å². The highest BCUT2D eigenvalue weighted by Crippen LogP contribution is 2.42. The van der Waals surface area contributed by atoms with Crippen molar-refractivity contribution < 1.29 is 14.7 Å². The largest absolute Gasteiger partial charge is 0.388 e. The Morgan fingerprint density at radius 2 is 1.65 bits per heavy atom. The summed E-state index contributed by atoms with van der Waals surface area (Å²) in [5.41, 5.74) is -0.722. The zero-order chi connectivity index (χ0) is 27.9. The molecule has 3 aliphatic rings. The van der Waals surface area contributed by atoms with Crippen LogP contribution >= 0.6 is 11.6 Å². The molecular weight excluding hydrogens is 530 g/mol. The summed E-state index contributed by atoms with van der Waals surface area (Å²) in [6.45, 7) is 1.77. The Morgan fingerprint density at radius 1 is 0.975 bits per heavy atom. The number of amides is 2. The zero-order valence-corrected chi connectivity index (χ0v) is 22.9. The lowest BCUT2D eigenvalue weighted by atomic mass is 9.75. The van der Waals surface area contributed by atoms with Crippen LogP contribution in [0.1, 0.15) is 31.2 Å². The van der Waals surface area contributed by atoms with Crippen LogP contribution in [-0.2, 0) is 16.1 Å². The third-order valence-electron chi connectivity index (χ3n) is 8.46. The number of piperidine rings is 1. The van der Waals surface area contributed by atoms with E-state index in [1.807, 2.05) is 36.4 Å². The van der Waals surface area contributed by atoms with Crippen LogP contribution in [0.15, 0.2) is 78.0 Å². The number of rotatable bonds is 5. The van der Waals surface area contributed by atoms with Crippen molar-refractivity contribution in [3.8, 4) is 0 Å². The molecule has 6 rings (SSSR count). The van der Waals surface area contributed by atoms with E-state index in [4.69, 9.17) is 11.6 Å². The second kappa shape index (κ2) is 10.4. The van der Waals surface area contributed by atoms with Crippen LogP contribution in [0.5, 0.6) is 0 Å². The molecule has 9 nitrogen and oxygen atoms in total. The second-order valence-electron chi connectivity index (χ2n) is 11.0. The van der Waals surface area contributed by atoms with Gasteiger partial charge in [0.25, 0.3) is 5.56 Å². The first kappa shape index (κ1) is 26.5. The Kier molecular flexibility index (Phi) is 6.88. The number of hydrogen-bond donors (Lipinski definition) is 1. The van der Waals surface area contributed by atoms with E-state index in [9.17, 15) is 19.5 Å². The molecule has 2 aliphatic heterocycles. The number of carbonyl (C=O) groups is 2. The van der Waals surface area contributed by atoms with E-state index in [-0.39, 0.29) is 49.8 Å². The van der Waals surface area contributed by atoms with E-state index in [1.54, 1.807) is 40.3 Å². The molecule has 2 atom stereocenters. The predicted octanol–water partition coefficient (Wildman–Crippen LogP) is 2.72. The van der Waals surface area contributed by atoms with Gasteiger partial charge in [0.1, 0.15) is 11.8 Å². The Bertz CT molecular complexity index is 1550. The lowest BCUT2D eigenvalue weighted by molar-refractivity contribution is -0.154. The first-order valence-electron chi connectivity index (χ1n) is 13.8. The molecule has 0 saturated carbocycles. The highest BCUT2D eigenvalue weighted by molar-refractivity contribution is 6.29. The molecule has 2 saturated heterocycles. The zero-order valence-electron chi connectivity index (χ0n) is 22.2. The summed E-state index contributed by atoms with van der Waals surface area (Å²) in [4.78, 5) is 44.4. The van der Waals surface area contributed by atoms with E-state index in [0.717, 1.165) is 24.0 Å². The van der Waals surface area contributed by atoms with Crippen molar-refractivity contribution in [1.82, 2.24) is 24.0 Å². The van der Waals surface area contributed by atoms with E-state index in [2.05, 4.69) is 5.10 Å². The number of fused-ring (bicyclic) bond motifs is 1. The minimum atomic E-state index is -1.56. The first-order valence-corrected chi connectivity index (χ1v) is 14.2. The summed E-state index contributed by atoms with van der Waals surface area (Å²) in [7, 11) is 0. The van der Waals surface area contributed by atoms with Crippen molar-refractivity contribution in [3.63, 3.8) is 0 Å². The maximum Gasteiger partial charge on any atom is 0.277 e. The van der Waals surface area contributed by atoms with Crippen LogP contribution in [0.25, 0.3) is 11.1 Å². The standard InChI is InChI=1S/C30H32ClN5O4/c31-25-19-23(22-7-2-1-3-8-22)10-11-30(25,27(38)33-14-4-5-15-33)28(39)34-17-12-29(40,13-18-34)20-35-21-32-36-16-6-9-24(36)26(35)37/h1-3,6-11,16,19,21,25,40H,4-5,12-15,17-18,20H2. The van der Waals surface area contributed by atoms with Crippen LogP contribution in [0.3, 0.4) is 0 Å². The normalized spacial score (nSPS) is 24.4. The van der Waals surface area contributed by atoms with Gasteiger partial charge in [-0.05, 0) is 49.0 Å². The Hall–Kier alpha value is -3.69. The molecule has 2 unspecified atom stereocenters. The monoisotopic (exact) mass is 561 g/mol. The second-order valence-corrected chi connectivity index (χ2v) is 11.5. The lowest BCUT2D eigenvalue weighted by Crippen LogP contribution is -2.59. The minimum Gasteiger partial charge on any atom is -0.388 e. The van der Waals surface area contributed by atoms with Gasteiger partial charge >= 0.3 is 0 Å². The molecule has 40 heavy (non-hydrogen) atoms. The number of aromatic nitrogens is 3. The number of likely N-dealkylation sites (tertiary alicyclic amines) is 2. The summed E-state index contributed by atoms with van der Waals surface area (Å²) in [5, 5.41) is 14.8. The van der Waals surface area contributed by atoms with Crippen LogP contribution in [0.4, 0.5) is 0 Å². The summed E-state index contributed by atoms with van der Waals surface area (Å²) in [6.07, 6.45) is 10.8. The Labute approximate surface area is 236 Å². The molecule has 0 bridgehead atoms. The molecular formula is C30H32ClN5O4. The molecule has 1 aliphatic carbocycles. The summed E-state index contributed by atoms with van der Waals surface area (Å²) >= 11 is 6.97. The third-order valence-corrected chi connectivity index (χ3v) is 8.93. The van der Waals surface area contributed by atoms with E-state index >= 15 is 0 Å². The molecule has 2 aromatic heterocycles. The fourth-order valence-corrected chi connectivity index (χ4v) is 6.46. The number of nitrogens with zero attached hydrogens (tertiary/aromatic N) is 5. The van der Waals surface area contributed by atoms with Gasteiger partial charge in [0, 0.05) is 32.4 Å². The summed E-state index contributed by atoms with van der Waals surface area (Å²) in [6, 6.07) is 13.2. The maximum absolute atomic E-state index is 14.2. The van der Waals surface area contributed by atoms with Gasteiger partial charge in [-0.15, -0.1) is 11.6 Å². The number of halogens is 1. The smallest absolute Gasteiger partial charge is 0.277 e. The fourth-order valence-electron chi connectivity index (χ4n) is 6.07. The van der Waals surface area contributed by atoms with Gasteiger partial charge in [-0.1, -0.05) is 48.6 Å². The van der Waals surface area contributed by atoms with Crippen molar-refractivity contribution in [2.24, 2.45) is 5.41 Å². The summed E-state index contributed by atoms with van der Waals surface area (Å²) in [5.74, 6) is -0.618. The lowest BCUT2D eigenvalue weighted by Gasteiger charge is -2.44. The minimum absolute atomic E-state index is 0.0710. The molecule has 1 aromatic carbocycles. The third kappa shape index (κ3) is 4.57. The molecule has 1 N–H and O–H groups in total. The van der Waals surface area contributed by atoms with Crippen LogP contribution < -0.4 is 5.56 Å². The number of allylic oxidation sites excluding steroid dienone is 3. The molecule has 208 valence electrons. The van der Waals surface area contributed by atoms with E-state index in [1.165, 1.54) is 15.4 Å². The van der Waals surface area contributed by atoms with Gasteiger partial charge in [0.05, 0.1) is 17.5 Å². The molecule has 3 aromatic rings. The van der Waals surface area contributed by atoms with Gasteiger partial charge in [-0.3, -0.25) is 19.0 Å².